The second-order valence-corrected chi connectivity index (χ2v) is 5.63. The van der Waals surface area contributed by atoms with Gasteiger partial charge in [-0.1, -0.05) is 18.2 Å². The van der Waals surface area contributed by atoms with Gasteiger partial charge in [-0.05, 0) is 67.4 Å². The van der Waals surface area contributed by atoms with E-state index in [1.165, 1.54) is 24.3 Å². The molecule has 1 aliphatic rings. The molecule has 0 saturated carbocycles. The van der Waals surface area contributed by atoms with Crippen molar-refractivity contribution in [2.75, 3.05) is 13.6 Å². The summed E-state index contributed by atoms with van der Waals surface area (Å²) in [6, 6.07) is 11.2. The van der Waals surface area contributed by atoms with Crippen molar-refractivity contribution >= 4 is 0 Å². The van der Waals surface area contributed by atoms with Gasteiger partial charge in [0, 0.05) is 0 Å². The highest BCUT2D eigenvalue weighted by Crippen LogP contribution is 2.45. The van der Waals surface area contributed by atoms with E-state index < -0.39 is 5.60 Å². The van der Waals surface area contributed by atoms with Crippen LogP contribution < -0.4 is 5.32 Å². The van der Waals surface area contributed by atoms with Crippen LogP contribution in [0.3, 0.4) is 0 Å². The van der Waals surface area contributed by atoms with Gasteiger partial charge in [-0.15, -0.1) is 0 Å². The van der Waals surface area contributed by atoms with Crippen LogP contribution in [0.15, 0.2) is 42.5 Å². The summed E-state index contributed by atoms with van der Waals surface area (Å²) in [7, 11) is 1.91. The zero-order valence-electron chi connectivity index (χ0n) is 12.5. The molecule has 1 N–H and O–H groups in total. The maximum Gasteiger partial charge on any atom is 0.123 e. The first-order valence-corrected chi connectivity index (χ1v) is 7.49. The number of benzene rings is 2. The smallest absolute Gasteiger partial charge is 0.123 e. The lowest BCUT2D eigenvalue weighted by Gasteiger charge is -2.30. The lowest BCUT2D eigenvalue weighted by atomic mass is 9.82. The first kappa shape index (κ1) is 15.1. The molecule has 0 spiro atoms. The summed E-state index contributed by atoms with van der Waals surface area (Å²) in [5, 5.41) is 3.13. The molecule has 0 fully saturated rings. The fourth-order valence-electron chi connectivity index (χ4n) is 3.18. The highest BCUT2D eigenvalue weighted by Gasteiger charge is 2.41. The van der Waals surface area contributed by atoms with Gasteiger partial charge in [-0.25, -0.2) is 8.78 Å². The molecule has 2 nitrogen and oxygen atoms in total. The third kappa shape index (κ3) is 2.64. The molecule has 1 unspecified atom stereocenters. The van der Waals surface area contributed by atoms with Gasteiger partial charge in [0.15, 0.2) is 0 Å². The van der Waals surface area contributed by atoms with Crippen LogP contribution in [0, 0.1) is 11.6 Å². The zero-order valence-corrected chi connectivity index (χ0v) is 12.5. The number of ether oxygens (including phenoxy) is 1. The van der Waals surface area contributed by atoms with E-state index in [-0.39, 0.29) is 11.6 Å². The molecule has 1 aliphatic heterocycles. The molecule has 0 saturated heterocycles. The number of hydrogen-bond acceptors (Lipinski definition) is 2. The zero-order chi connectivity index (χ0) is 15.6. The lowest BCUT2D eigenvalue weighted by Crippen LogP contribution is -2.28. The van der Waals surface area contributed by atoms with E-state index in [2.05, 4.69) is 5.32 Å². The summed E-state index contributed by atoms with van der Waals surface area (Å²) in [4.78, 5) is 0. The van der Waals surface area contributed by atoms with Crippen LogP contribution in [-0.2, 0) is 16.9 Å². The second-order valence-electron chi connectivity index (χ2n) is 5.63. The second kappa shape index (κ2) is 6.15. The molecule has 0 aromatic heterocycles. The molecule has 2 aromatic carbocycles. The molecule has 4 heteroatoms. The van der Waals surface area contributed by atoms with Crippen molar-refractivity contribution < 1.29 is 13.5 Å². The van der Waals surface area contributed by atoms with Crippen LogP contribution in [0.2, 0.25) is 0 Å². The van der Waals surface area contributed by atoms with Crippen molar-refractivity contribution in [2.45, 2.75) is 25.0 Å². The van der Waals surface area contributed by atoms with E-state index in [0.29, 0.717) is 6.61 Å². The van der Waals surface area contributed by atoms with E-state index in [1.54, 1.807) is 18.2 Å². The fourth-order valence-corrected chi connectivity index (χ4v) is 3.18. The van der Waals surface area contributed by atoms with Gasteiger partial charge in [-0.2, -0.15) is 0 Å². The van der Waals surface area contributed by atoms with Gasteiger partial charge in [0.05, 0.1) is 6.61 Å². The Labute approximate surface area is 129 Å². The third-order valence-electron chi connectivity index (χ3n) is 4.24. The van der Waals surface area contributed by atoms with Crippen LogP contribution >= 0.6 is 0 Å². The summed E-state index contributed by atoms with van der Waals surface area (Å²) in [5.41, 5.74) is 2.15. The van der Waals surface area contributed by atoms with Crippen molar-refractivity contribution in [3.63, 3.8) is 0 Å². The molecule has 0 amide bonds. The van der Waals surface area contributed by atoms with Gasteiger partial charge in [0.1, 0.15) is 17.2 Å². The van der Waals surface area contributed by atoms with Crippen LogP contribution in [0.4, 0.5) is 8.78 Å². The van der Waals surface area contributed by atoms with Gasteiger partial charge >= 0.3 is 0 Å². The molecule has 3 rings (SSSR count). The number of nitrogens with one attached hydrogen (secondary N) is 1. The Morgan fingerprint density at radius 2 is 1.82 bits per heavy atom. The van der Waals surface area contributed by atoms with Gasteiger partial charge in [-0.3, -0.25) is 0 Å². The van der Waals surface area contributed by atoms with Gasteiger partial charge in [0.2, 0.25) is 0 Å². The van der Waals surface area contributed by atoms with Crippen molar-refractivity contribution in [3.8, 4) is 0 Å². The number of fused-ring (bicyclic) bond motifs is 1. The Kier molecular flexibility index (Phi) is 4.23. The predicted molar refractivity (Wildman–Crippen MR) is 81.5 cm³/mol. The molecule has 0 aliphatic carbocycles. The van der Waals surface area contributed by atoms with E-state index >= 15 is 0 Å². The summed E-state index contributed by atoms with van der Waals surface area (Å²) < 4.78 is 32.8. The Hall–Kier alpha value is -1.78. The summed E-state index contributed by atoms with van der Waals surface area (Å²) in [6.07, 6.45) is 1.67. The number of halogens is 2. The van der Waals surface area contributed by atoms with Crippen molar-refractivity contribution in [2.24, 2.45) is 0 Å². The minimum atomic E-state index is -0.617. The summed E-state index contributed by atoms with van der Waals surface area (Å²) in [6.45, 7) is 1.24. The van der Waals surface area contributed by atoms with Gasteiger partial charge < -0.3 is 10.1 Å². The molecule has 116 valence electrons. The molecule has 0 radical (unpaired) electrons. The number of rotatable bonds is 5. The van der Waals surface area contributed by atoms with E-state index in [0.717, 1.165) is 36.1 Å². The first-order valence-electron chi connectivity index (χ1n) is 7.49. The summed E-state index contributed by atoms with van der Waals surface area (Å²) >= 11 is 0. The molecule has 1 heterocycles. The predicted octanol–water partition coefficient (Wildman–Crippen LogP) is 3.74. The van der Waals surface area contributed by atoms with Crippen LogP contribution in [-0.4, -0.2) is 13.6 Å². The average molecular weight is 303 g/mol. The normalized spacial score (nSPS) is 20.1. The average Bonchev–Trinajstić information content (AvgIpc) is 2.87. The van der Waals surface area contributed by atoms with E-state index in [9.17, 15) is 8.78 Å². The largest absolute Gasteiger partial charge is 0.361 e. The summed E-state index contributed by atoms with van der Waals surface area (Å²) in [5.74, 6) is -0.529. The van der Waals surface area contributed by atoms with Crippen molar-refractivity contribution in [1.29, 1.82) is 0 Å². The van der Waals surface area contributed by atoms with Crippen LogP contribution in [0.5, 0.6) is 0 Å². The Morgan fingerprint density at radius 1 is 1.09 bits per heavy atom. The molecule has 2 aromatic rings. The quantitative estimate of drug-likeness (QED) is 0.850. The van der Waals surface area contributed by atoms with Crippen molar-refractivity contribution in [1.82, 2.24) is 5.32 Å². The van der Waals surface area contributed by atoms with E-state index in [4.69, 9.17) is 4.74 Å². The Morgan fingerprint density at radius 3 is 2.55 bits per heavy atom. The Bertz CT molecular complexity index is 657. The first-order chi connectivity index (χ1) is 10.7. The van der Waals surface area contributed by atoms with Crippen LogP contribution in [0.1, 0.15) is 29.5 Å². The van der Waals surface area contributed by atoms with Crippen LogP contribution in [0.25, 0.3) is 0 Å². The lowest BCUT2D eigenvalue weighted by molar-refractivity contribution is -0.0128. The Balaban J connectivity index is 2.04. The monoisotopic (exact) mass is 303 g/mol. The topological polar surface area (TPSA) is 21.3 Å². The molecule has 0 bridgehead atoms. The standard InChI is InChI=1S/C18H19F2NO/c1-21-10-2-9-18(14-3-5-15(19)6-4-14)17-8-7-16(20)11-13(17)12-22-18/h3-8,11,21H,2,9-10,12H2,1H3. The minimum absolute atomic E-state index is 0.257. The molecular weight excluding hydrogens is 284 g/mol. The van der Waals surface area contributed by atoms with Crippen molar-refractivity contribution in [3.05, 3.63) is 70.8 Å². The molecular formula is C18H19F2NO. The van der Waals surface area contributed by atoms with Gasteiger partial charge in [0.25, 0.3) is 0 Å². The third-order valence-corrected chi connectivity index (χ3v) is 4.24. The molecule has 1 atom stereocenters. The fraction of sp³-hybridized carbons (Fsp3) is 0.333. The number of hydrogen-bond donors (Lipinski definition) is 1. The molecule has 22 heavy (non-hydrogen) atoms. The maximum atomic E-state index is 13.5. The highest BCUT2D eigenvalue weighted by atomic mass is 19.1. The minimum Gasteiger partial charge on any atom is -0.361 e. The SMILES string of the molecule is CNCCCC1(c2ccc(F)cc2)OCc2cc(F)ccc21. The maximum absolute atomic E-state index is 13.5. The highest BCUT2D eigenvalue weighted by molar-refractivity contribution is 5.44. The van der Waals surface area contributed by atoms with E-state index in [1.807, 2.05) is 7.05 Å².